The number of aromatic nitrogens is 3. The number of rotatable bonds is 4. The first-order valence-electron chi connectivity index (χ1n) is 4.98. The lowest BCUT2D eigenvalue weighted by molar-refractivity contribution is -0.0844. The minimum Gasteiger partial charge on any atom is -0.370 e. The Morgan fingerprint density at radius 2 is 2.36 bits per heavy atom. The van der Waals surface area contributed by atoms with Crippen molar-refractivity contribution in [1.82, 2.24) is 15.2 Å². The molecule has 1 aromatic rings. The number of nitrogens with two attached hydrogens (primary N) is 1. The predicted octanol–water partition coefficient (Wildman–Crippen LogP) is 0.331. The van der Waals surface area contributed by atoms with Gasteiger partial charge in [0.25, 0.3) is 0 Å². The lowest BCUT2D eigenvalue weighted by Crippen LogP contribution is -2.37. The molecule has 1 heterocycles. The first-order valence-corrected chi connectivity index (χ1v) is 4.98. The van der Waals surface area contributed by atoms with Crippen LogP contribution in [0, 0.1) is 0 Å². The maximum absolute atomic E-state index is 5.48. The summed E-state index contributed by atoms with van der Waals surface area (Å²) in [4.78, 5) is 4.39. The lowest BCUT2D eigenvalue weighted by Gasteiger charge is -2.37. The van der Waals surface area contributed by atoms with E-state index in [-0.39, 0.29) is 5.60 Å². The van der Waals surface area contributed by atoms with Crippen molar-refractivity contribution in [2.45, 2.75) is 31.3 Å². The Hall–Kier alpha value is -0.940. The number of ether oxygens (including phenoxy) is 1. The van der Waals surface area contributed by atoms with Crippen LogP contribution in [0.5, 0.6) is 0 Å². The molecule has 0 aromatic carbocycles. The second-order valence-corrected chi connectivity index (χ2v) is 3.70. The third kappa shape index (κ3) is 1.42. The van der Waals surface area contributed by atoms with Gasteiger partial charge in [-0.3, -0.25) is 5.10 Å². The molecule has 0 saturated heterocycles. The average Bonchev–Trinajstić information content (AvgIpc) is 2.54. The van der Waals surface area contributed by atoms with Crippen LogP contribution in [-0.4, -0.2) is 28.8 Å². The van der Waals surface area contributed by atoms with Crippen LogP contribution in [0.4, 0.5) is 0 Å². The quantitative estimate of drug-likeness (QED) is 0.727. The molecule has 0 spiro atoms. The van der Waals surface area contributed by atoms with Gasteiger partial charge in [-0.1, -0.05) is 0 Å². The van der Waals surface area contributed by atoms with Gasteiger partial charge < -0.3 is 10.5 Å². The number of methoxy groups -OCH3 is 1. The largest absolute Gasteiger partial charge is 0.370 e. The summed E-state index contributed by atoms with van der Waals surface area (Å²) < 4.78 is 5.48. The monoisotopic (exact) mass is 196 g/mol. The molecule has 0 bridgehead atoms. The molecule has 0 amide bonds. The average molecular weight is 196 g/mol. The highest BCUT2D eigenvalue weighted by molar-refractivity contribution is 5.07. The van der Waals surface area contributed by atoms with E-state index < -0.39 is 0 Å². The van der Waals surface area contributed by atoms with Crippen LogP contribution < -0.4 is 5.73 Å². The van der Waals surface area contributed by atoms with Crippen LogP contribution in [0.2, 0.25) is 0 Å². The molecule has 1 aliphatic carbocycles. The number of nitrogens with zero attached hydrogens (tertiary/aromatic N) is 2. The van der Waals surface area contributed by atoms with Gasteiger partial charge in [-0.05, 0) is 25.8 Å². The van der Waals surface area contributed by atoms with Gasteiger partial charge in [0, 0.05) is 13.5 Å². The SMILES string of the molecule is COC1(c2n[nH]c(CCN)n2)CCC1. The van der Waals surface area contributed by atoms with Crippen LogP contribution in [-0.2, 0) is 16.8 Å². The van der Waals surface area contributed by atoms with Gasteiger partial charge in [0.05, 0.1) is 0 Å². The van der Waals surface area contributed by atoms with E-state index in [1.54, 1.807) is 7.11 Å². The summed E-state index contributed by atoms with van der Waals surface area (Å²) in [6, 6.07) is 0. The molecule has 2 rings (SSSR count). The smallest absolute Gasteiger partial charge is 0.182 e. The first kappa shape index (κ1) is 9.61. The first-order chi connectivity index (χ1) is 6.80. The Labute approximate surface area is 83.1 Å². The summed E-state index contributed by atoms with van der Waals surface area (Å²) in [5, 5.41) is 7.08. The summed E-state index contributed by atoms with van der Waals surface area (Å²) in [7, 11) is 1.72. The number of H-pyrrole nitrogens is 1. The van der Waals surface area contributed by atoms with Gasteiger partial charge in [-0.25, -0.2) is 4.98 Å². The highest BCUT2D eigenvalue weighted by atomic mass is 16.5. The Kier molecular flexibility index (Phi) is 2.52. The Balaban J connectivity index is 2.15. The van der Waals surface area contributed by atoms with E-state index in [1.165, 1.54) is 6.42 Å². The maximum Gasteiger partial charge on any atom is 0.182 e. The van der Waals surface area contributed by atoms with Crippen molar-refractivity contribution in [3.63, 3.8) is 0 Å². The van der Waals surface area contributed by atoms with Crippen molar-refractivity contribution < 1.29 is 4.74 Å². The van der Waals surface area contributed by atoms with E-state index in [0.29, 0.717) is 6.54 Å². The molecule has 1 aliphatic rings. The van der Waals surface area contributed by atoms with Crippen molar-refractivity contribution in [3.05, 3.63) is 11.6 Å². The second kappa shape index (κ2) is 3.67. The molecule has 0 radical (unpaired) electrons. The Bertz CT molecular complexity index is 300. The second-order valence-electron chi connectivity index (χ2n) is 3.70. The molecule has 78 valence electrons. The van der Waals surface area contributed by atoms with E-state index in [4.69, 9.17) is 10.5 Å². The molecule has 14 heavy (non-hydrogen) atoms. The summed E-state index contributed by atoms with van der Waals surface area (Å²) >= 11 is 0. The van der Waals surface area contributed by atoms with Crippen LogP contribution in [0.1, 0.15) is 30.9 Å². The van der Waals surface area contributed by atoms with Gasteiger partial charge >= 0.3 is 0 Å². The van der Waals surface area contributed by atoms with Crippen molar-refractivity contribution >= 4 is 0 Å². The molecule has 5 nitrogen and oxygen atoms in total. The molecule has 5 heteroatoms. The molecule has 1 aromatic heterocycles. The zero-order valence-corrected chi connectivity index (χ0v) is 8.42. The molecule has 0 atom stereocenters. The Morgan fingerprint density at radius 3 is 2.86 bits per heavy atom. The topological polar surface area (TPSA) is 76.8 Å². The maximum atomic E-state index is 5.48. The number of hydrogen-bond acceptors (Lipinski definition) is 4. The minimum absolute atomic E-state index is 0.219. The Morgan fingerprint density at radius 1 is 1.57 bits per heavy atom. The standard InChI is InChI=1S/C9H16N4O/c1-14-9(4-2-5-9)8-11-7(3-6-10)12-13-8/h2-6,10H2,1H3,(H,11,12,13). The van der Waals surface area contributed by atoms with Crippen molar-refractivity contribution in [1.29, 1.82) is 0 Å². The molecule has 0 unspecified atom stereocenters. The fourth-order valence-electron chi connectivity index (χ4n) is 1.76. The molecule has 1 saturated carbocycles. The molecule has 0 aliphatic heterocycles. The van der Waals surface area contributed by atoms with Gasteiger partial charge in [-0.2, -0.15) is 5.10 Å². The predicted molar refractivity (Wildman–Crippen MR) is 51.7 cm³/mol. The molecular weight excluding hydrogens is 180 g/mol. The summed E-state index contributed by atoms with van der Waals surface area (Å²) in [6.45, 7) is 0.592. The highest BCUT2D eigenvalue weighted by Crippen LogP contribution is 2.42. The fraction of sp³-hybridized carbons (Fsp3) is 0.778. The van der Waals surface area contributed by atoms with Gasteiger partial charge in [-0.15, -0.1) is 0 Å². The lowest BCUT2D eigenvalue weighted by atomic mass is 9.79. The highest BCUT2D eigenvalue weighted by Gasteiger charge is 2.42. The van der Waals surface area contributed by atoms with Gasteiger partial charge in [0.1, 0.15) is 11.4 Å². The molecule has 3 N–H and O–H groups in total. The summed E-state index contributed by atoms with van der Waals surface area (Å²) in [6.07, 6.45) is 3.97. The van der Waals surface area contributed by atoms with E-state index in [1.807, 2.05) is 0 Å². The fourth-order valence-corrected chi connectivity index (χ4v) is 1.76. The number of nitrogens with one attached hydrogen (secondary N) is 1. The minimum atomic E-state index is -0.219. The van der Waals surface area contributed by atoms with E-state index >= 15 is 0 Å². The van der Waals surface area contributed by atoms with E-state index in [0.717, 1.165) is 30.9 Å². The third-order valence-corrected chi connectivity index (χ3v) is 2.87. The van der Waals surface area contributed by atoms with Crippen LogP contribution in [0.3, 0.4) is 0 Å². The summed E-state index contributed by atoms with van der Waals surface area (Å²) in [5.41, 5.74) is 5.22. The van der Waals surface area contributed by atoms with Crippen LogP contribution in [0.25, 0.3) is 0 Å². The van der Waals surface area contributed by atoms with Crippen molar-refractivity contribution in [3.8, 4) is 0 Å². The molecular formula is C9H16N4O. The number of hydrogen-bond donors (Lipinski definition) is 2. The van der Waals surface area contributed by atoms with Gasteiger partial charge in [0.15, 0.2) is 5.82 Å². The van der Waals surface area contributed by atoms with Gasteiger partial charge in [0.2, 0.25) is 0 Å². The van der Waals surface area contributed by atoms with Crippen molar-refractivity contribution in [2.24, 2.45) is 5.73 Å². The van der Waals surface area contributed by atoms with Crippen LogP contribution >= 0.6 is 0 Å². The number of aromatic amines is 1. The molecule has 1 fully saturated rings. The normalized spacial score (nSPS) is 19.3. The zero-order valence-electron chi connectivity index (χ0n) is 8.42. The van der Waals surface area contributed by atoms with Crippen molar-refractivity contribution in [2.75, 3.05) is 13.7 Å². The third-order valence-electron chi connectivity index (χ3n) is 2.87. The van der Waals surface area contributed by atoms with E-state index in [2.05, 4.69) is 15.2 Å². The van der Waals surface area contributed by atoms with Crippen LogP contribution in [0.15, 0.2) is 0 Å². The summed E-state index contributed by atoms with van der Waals surface area (Å²) in [5.74, 6) is 1.64. The van der Waals surface area contributed by atoms with E-state index in [9.17, 15) is 0 Å². The zero-order chi connectivity index (χ0) is 10.0.